The average molecular weight is 132 g/mol. The molecule has 0 aromatic rings. The van der Waals surface area contributed by atoms with Gasteiger partial charge in [0.15, 0.2) is 5.71 Å². The summed E-state index contributed by atoms with van der Waals surface area (Å²) in [5.41, 5.74) is 0.592. The molecule has 1 aliphatic heterocycles. The van der Waals surface area contributed by atoms with E-state index in [0.29, 0.717) is 5.57 Å². The summed E-state index contributed by atoms with van der Waals surface area (Å²) in [7, 11) is 0. The van der Waals surface area contributed by atoms with E-state index in [1.54, 1.807) is 6.07 Å². The maximum absolute atomic E-state index is 10.5. The summed E-state index contributed by atoms with van der Waals surface area (Å²) < 4.78 is 0. The van der Waals surface area contributed by atoms with Crippen LogP contribution in [-0.2, 0) is 4.79 Å². The fraction of sp³-hybridized carbons (Fsp3) is 0. The highest BCUT2D eigenvalue weighted by Gasteiger charge is 2.07. The van der Waals surface area contributed by atoms with Gasteiger partial charge in [-0.1, -0.05) is 6.58 Å². The van der Waals surface area contributed by atoms with Gasteiger partial charge in [0.25, 0.3) is 5.91 Å². The van der Waals surface area contributed by atoms with E-state index >= 15 is 0 Å². The molecule has 0 aliphatic carbocycles. The molecule has 0 aromatic carbocycles. The number of carbonyl (C=O) groups is 1. The topological polar surface area (TPSA) is 53.2 Å². The largest absolute Gasteiger partial charge is 0.270 e. The van der Waals surface area contributed by atoms with Crippen LogP contribution in [0.2, 0.25) is 0 Å². The quantitative estimate of drug-likeness (QED) is 0.484. The third kappa shape index (κ3) is 1.00. The van der Waals surface area contributed by atoms with Gasteiger partial charge in [0.1, 0.15) is 6.07 Å². The van der Waals surface area contributed by atoms with Crippen LogP contribution in [0.25, 0.3) is 0 Å². The fourth-order valence-corrected chi connectivity index (χ4v) is 0.567. The van der Waals surface area contributed by atoms with E-state index in [1.807, 2.05) is 0 Å². The Morgan fingerprint density at radius 1 is 1.60 bits per heavy atom. The molecule has 0 unspecified atom stereocenters. The third-order valence-corrected chi connectivity index (χ3v) is 1.06. The van der Waals surface area contributed by atoms with Crippen LogP contribution in [0.15, 0.2) is 29.3 Å². The van der Waals surface area contributed by atoms with Crippen molar-refractivity contribution < 1.29 is 4.79 Å². The Kier molecular flexibility index (Phi) is 1.46. The number of rotatable bonds is 0. The summed E-state index contributed by atoms with van der Waals surface area (Å²) in [4.78, 5) is 13.9. The van der Waals surface area contributed by atoms with Crippen molar-refractivity contribution in [3.8, 4) is 6.07 Å². The van der Waals surface area contributed by atoms with Crippen LogP contribution in [0, 0.1) is 11.3 Å². The van der Waals surface area contributed by atoms with E-state index in [-0.39, 0.29) is 5.71 Å². The first kappa shape index (κ1) is 6.43. The molecule has 1 rings (SSSR count). The SMILES string of the molecule is C=C1C=CC(=O)N=C1C#N. The first-order valence-corrected chi connectivity index (χ1v) is 2.64. The minimum Gasteiger partial charge on any atom is -0.267 e. The Balaban J connectivity index is 3.03. The molecular weight excluding hydrogens is 128 g/mol. The number of allylic oxidation sites excluding steroid dienone is 2. The molecule has 0 radical (unpaired) electrons. The summed E-state index contributed by atoms with van der Waals surface area (Å²) >= 11 is 0. The molecule has 0 saturated heterocycles. The number of dihydropyridines is 1. The van der Waals surface area contributed by atoms with Crippen molar-refractivity contribution in [3.63, 3.8) is 0 Å². The zero-order valence-electron chi connectivity index (χ0n) is 5.16. The maximum Gasteiger partial charge on any atom is 0.270 e. The van der Waals surface area contributed by atoms with Crippen molar-refractivity contribution >= 4 is 11.6 Å². The summed E-state index contributed by atoms with van der Waals surface area (Å²) in [6.07, 6.45) is 2.76. The second kappa shape index (κ2) is 2.28. The zero-order chi connectivity index (χ0) is 7.56. The molecule has 0 atom stereocenters. The number of amides is 1. The Labute approximate surface area is 58.0 Å². The molecular formula is C7H4N2O. The van der Waals surface area contributed by atoms with Gasteiger partial charge >= 0.3 is 0 Å². The van der Waals surface area contributed by atoms with Crippen molar-refractivity contribution in [3.05, 3.63) is 24.3 Å². The second-order valence-electron chi connectivity index (χ2n) is 1.77. The number of hydrogen-bond acceptors (Lipinski definition) is 2. The molecule has 0 spiro atoms. The highest BCUT2D eigenvalue weighted by Crippen LogP contribution is 2.03. The molecule has 0 fully saturated rings. The van der Waals surface area contributed by atoms with Gasteiger partial charge in [-0.15, -0.1) is 0 Å². The highest BCUT2D eigenvalue weighted by molar-refractivity contribution is 6.20. The minimum absolute atomic E-state index is 0.104. The van der Waals surface area contributed by atoms with Crippen LogP contribution < -0.4 is 0 Å². The lowest BCUT2D eigenvalue weighted by Gasteiger charge is -1.98. The van der Waals surface area contributed by atoms with E-state index in [4.69, 9.17) is 5.26 Å². The van der Waals surface area contributed by atoms with E-state index in [1.165, 1.54) is 12.2 Å². The second-order valence-corrected chi connectivity index (χ2v) is 1.77. The zero-order valence-corrected chi connectivity index (χ0v) is 5.16. The van der Waals surface area contributed by atoms with E-state index < -0.39 is 5.91 Å². The van der Waals surface area contributed by atoms with Crippen molar-refractivity contribution in [2.45, 2.75) is 0 Å². The van der Waals surface area contributed by atoms with Gasteiger partial charge in [-0.2, -0.15) is 10.3 Å². The summed E-state index contributed by atoms with van der Waals surface area (Å²) in [5, 5.41) is 8.35. The van der Waals surface area contributed by atoms with Crippen LogP contribution in [-0.4, -0.2) is 11.6 Å². The molecule has 0 N–H and O–H groups in total. The molecule has 48 valence electrons. The predicted octanol–water partition coefficient (Wildman–Crippen LogP) is 0.604. The van der Waals surface area contributed by atoms with Crippen LogP contribution in [0.3, 0.4) is 0 Å². The van der Waals surface area contributed by atoms with Crippen LogP contribution in [0.4, 0.5) is 0 Å². The van der Waals surface area contributed by atoms with Gasteiger partial charge in [0.05, 0.1) is 0 Å². The highest BCUT2D eigenvalue weighted by atomic mass is 16.1. The average Bonchev–Trinajstić information content (AvgIpc) is 1.94. The van der Waals surface area contributed by atoms with E-state index in [9.17, 15) is 4.79 Å². The molecule has 0 bridgehead atoms. The first-order chi connectivity index (χ1) is 4.74. The van der Waals surface area contributed by atoms with Gasteiger partial charge in [-0.05, 0) is 6.08 Å². The third-order valence-electron chi connectivity index (χ3n) is 1.06. The Bertz CT molecular complexity index is 291. The maximum atomic E-state index is 10.5. The molecule has 3 heteroatoms. The van der Waals surface area contributed by atoms with E-state index in [0.717, 1.165) is 0 Å². The van der Waals surface area contributed by atoms with Crippen molar-refractivity contribution in [1.29, 1.82) is 5.26 Å². The van der Waals surface area contributed by atoms with Crippen molar-refractivity contribution in [2.24, 2.45) is 4.99 Å². The lowest BCUT2D eigenvalue weighted by atomic mass is 10.1. The molecule has 1 heterocycles. The molecule has 1 aliphatic rings. The smallest absolute Gasteiger partial charge is 0.267 e. The van der Waals surface area contributed by atoms with Crippen LogP contribution in [0.5, 0.6) is 0 Å². The molecule has 0 saturated carbocycles. The van der Waals surface area contributed by atoms with Gasteiger partial charge in [0.2, 0.25) is 0 Å². The minimum atomic E-state index is -0.399. The Morgan fingerprint density at radius 2 is 2.30 bits per heavy atom. The van der Waals surface area contributed by atoms with Gasteiger partial charge in [0, 0.05) is 11.6 Å². The summed E-state index contributed by atoms with van der Waals surface area (Å²) in [5.74, 6) is -0.399. The standard InChI is InChI=1S/C7H4N2O/c1-5-2-3-7(10)9-6(5)4-8/h2-3H,1H2. The van der Waals surface area contributed by atoms with Crippen molar-refractivity contribution in [2.75, 3.05) is 0 Å². The van der Waals surface area contributed by atoms with Gasteiger partial charge in [-0.3, -0.25) is 4.79 Å². The molecule has 0 aromatic heterocycles. The Morgan fingerprint density at radius 3 is 2.80 bits per heavy atom. The summed E-state index contributed by atoms with van der Waals surface area (Å²) in [6, 6.07) is 1.76. The normalized spacial score (nSPS) is 16.5. The summed E-state index contributed by atoms with van der Waals surface area (Å²) in [6.45, 7) is 3.51. The monoisotopic (exact) mass is 132 g/mol. The molecule has 3 nitrogen and oxygen atoms in total. The Hall–Kier alpha value is -1.69. The van der Waals surface area contributed by atoms with Crippen LogP contribution >= 0.6 is 0 Å². The van der Waals surface area contributed by atoms with Gasteiger partial charge in [-0.25, -0.2) is 0 Å². The number of hydrogen-bond donors (Lipinski definition) is 0. The number of aliphatic imine (C=N–C) groups is 1. The van der Waals surface area contributed by atoms with Crippen molar-refractivity contribution in [1.82, 2.24) is 0 Å². The first-order valence-electron chi connectivity index (χ1n) is 2.64. The van der Waals surface area contributed by atoms with E-state index in [2.05, 4.69) is 11.6 Å². The lowest BCUT2D eigenvalue weighted by molar-refractivity contribution is -0.113. The number of nitriles is 1. The number of carbonyl (C=O) groups excluding carboxylic acids is 1. The lowest BCUT2D eigenvalue weighted by Crippen LogP contribution is -2.05. The number of nitrogens with zero attached hydrogens (tertiary/aromatic N) is 2. The van der Waals surface area contributed by atoms with Crippen LogP contribution in [0.1, 0.15) is 0 Å². The molecule has 1 amide bonds. The fourth-order valence-electron chi connectivity index (χ4n) is 0.567. The van der Waals surface area contributed by atoms with Gasteiger partial charge < -0.3 is 0 Å². The predicted molar refractivity (Wildman–Crippen MR) is 36.3 cm³/mol. The molecule has 10 heavy (non-hydrogen) atoms.